The molecule has 5 rings (SSSR count). The lowest BCUT2D eigenvalue weighted by Crippen LogP contribution is -2.31. The van der Waals surface area contributed by atoms with Gasteiger partial charge in [-0.15, -0.1) is 0 Å². The minimum atomic E-state index is -4.77. The zero-order valence-electron chi connectivity index (χ0n) is 25.9. The number of alkyl halides is 3. The summed E-state index contributed by atoms with van der Waals surface area (Å²) in [6.07, 6.45) is -3.30. The zero-order valence-corrected chi connectivity index (χ0v) is 27.4. The normalized spacial score (nSPS) is 11.7. The second-order valence-electron chi connectivity index (χ2n) is 11.1. The van der Waals surface area contributed by atoms with Crippen LogP contribution in [0.4, 0.5) is 23.2 Å². The zero-order chi connectivity index (χ0) is 35.5. The Bertz CT molecular complexity index is 2210. The molecule has 4 aromatic carbocycles. The first-order chi connectivity index (χ1) is 23.2. The molecule has 49 heavy (non-hydrogen) atoms. The number of hydrogen-bond donors (Lipinski definition) is 2. The van der Waals surface area contributed by atoms with Crippen molar-refractivity contribution in [2.45, 2.75) is 43.7 Å². The van der Waals surface area contributed by atoms with Gasteiger partial charge in [-0.1, -0.05) is 67.4 Å². The van der Waals surface area contributed by atoms with Crippen molar-refractivity contribution in [3.8, 4) is 22.9 Å². The molecule has 8 nitrogen and oxygen atoms in total. The van der Waals surface area contributed by atoms with Crippen molar-refractivity contribution < 1.29 is 30.8 Å². The standard InChI is InChI=1S/C35H28ClF4N5O3S/c1-2-3-11-30-26(32(20-41)45(43-30)31-19-23(42)15-16-27(31)35(38,39)40)17-22-14-13-21(18-29(22)37)24-8-5-7-12-33(24)49(47,48)44-34(46)25-9-4-6-10-28(25)36/h4-10,12-16,18-19H,2-3,11,17,42H2,1H3,(H,44,46). The molecule has 1 amide bonds. The van der Waals surface area contributed by atoms with Gasteiger partial charge in [0.1, 0.15) is 17.6 Å². The van der Waals surface area contributed by atoms with Crippen LogP contribution >= 0.6 is 11.6 Å². The average Bonchev–Trinajstić information content (AvgIpc) is 3.40. The molecule has 14 heteroatoms. The summed E-state index contributed by atoms with van der Waals surface area (Å²) in [5.41, 5.74) is 5.09. The van der Waals surface area contributed by atoms with Crippen molar-refractivity contribution in [2.75, 3.05) is 5.73 Å². The van der Waals surface area contributed by atoms with Crippen molar-refractivity contribution in [1.82, 2.24) is 14.5 Å². The lowest BCUT2D eigenvalue weighted by molar-refractivity contribution is -0.137. The molecule has 0 saturated heterocycles. The van der Waals surface area contributed by atoms with E-state index in [2.05, 4.69) is 5.10 Å². The van der Waals surface area contributed by atoms with E-state index < -0.39 is 39.2 Å². The predicted octanol–water partition coefficient (Wildman–Crippen LogP) is 7.86. The van der Waals surface area contributed by atoms with Crippen LogP contribution in [0.15, 0.2) is 89.8 Å². The molecule has 0 spiro atoms. The van der Waals surface area contributed by atoms with Crippen molar-refractivity contribution in [3.63, 3.8) is 0 Å². The number of benzene rings is 4. The highest BCUT2D eigenvalue weighted by molar-refractivity contribution is 7.90. The second-order valence-corrected chi connectivity index (χ2v) is 13.1. The van der Waals surface area contributed by atoms with Crippen molar-refractivity contribution in [2.24, 2.45) is 0 Å². The minimum absolute atomic E-state index is 0.0337. The lowest BCUT2D eigenvalue weighted by Gasteiger charge is -2.14. The van der Waals surface area contributed by atoms with Gasteiger partial charge < -0.3 is 5.73 Å². The quantitative estimate of drug-likeness (QED) is 0.112. The van der Waals surface area contributed by atoms with Gasteiger partial charge in [0, 0.05) is 23.2 Å². The number of nitrogens with one attached hydrogen (secondary N) is 1. The third-order valence-corrected chi connectivity index (χ3v) is 9.47. The molecule has 0 fully saturated rings. The molecule has 5 aromatic rings. The summed E-state index contributed by atoms with van der Waals surface area (Å²) in [6, 6.07) is 20.6. The van der Waals surface area contributed by atoms with Gasteiger partial charge in [-0.25, -0.2) is 22.2 Å². The molecular weight excluding hydrogens is 682 g/mol. The number of hydrogen-bond acceptors (Lipinski definition) is 6. The van der Waals surface area contributed by atoms with Crippen LogP contribution in [0, 0.1) is 17.1 Å². The van der Waals surface area contributed by atoms with Gasteiger partial charge in [-0.05, 0) is 66.4 Å². The summed E-state index contributed by atoms with van der Waals surface area (Å²) in [4.78, 5) is 12.5. The molecule has 0 saturated carbocycles. The number of carbonyl (C=O) groups excluding carboxylic acids is 1. The Balaban J connectivity index is 1.53. The number of halogens is 5. The summed E-state index contributed by atoms with van der Waals surface area (Å²) >= 11 is 6.06. The highest BCUT2D eigenvalue weighted by Gasteiger charge is 2.35. The highest BCUT2D eigenvalue weighted by atomic mass is 35.5. The van der Waals surface area contributed by atoms with E-state index in [-0.39, 0.29) is 55.5 Å². The topological polar surface area (TPSA) is 131 Å². The van der Waals surface area contributed by atoms with Gasteiger partial charge >= 0.3 is 6.18 Å². The number of amides is 1. The fourth-order valence-corrected chi connectivity index (χ4v) is 6.76. The van der Waals surface area contributed by atoms with E-state index in [0.29, 0.717) is 18.5 Å². The van der Waals surface area contributed by atoms with E-state index in [0.717, 1.165) is 35.4 Å². The number of aromatic nitrogens is 2. The third-order valence-electron chi connectivity index (χ3n) is 7.75. The van der Waals surface area contributed by atoms with Gasteiger partial charge in [0.2, 0.25) is 0 Å². The van der Waals surface area contributed by atoms with Crippen molar-refractivity contribution in [3.05, 3.63) is 129 Å². The van der Waals surface area contributed by atoms with Crippen molar-refractivity contribution in [1.29, 1.82) is 5.26 Å². The summed E-state index contributed by atoms with van der Waals surface area (Å²) < 4.78 is 87.4. The maximum Gasteiger partial charge on any atom is 0.418 e. The van der Waals surface area contributed by atoms with Gasteiger partial charge in [0.05, 0.1) is 32.4 Å². The fourth-order valence-electron chi connectivity index (χ4n) is 5.34. The minimum Gasteiger partial charge on any atom is -0.399 e. The largest absolute Gasteiger partial charge is 0.418 e. The number of nitriles is 1. The number of sulfonamides is 1. The van der Waals surface area contributed by atoms with Gasteiger partial charge in [-0.2, -0.15) is 23.5 Å². The monoisotopic (exact) mass is 709 g/mol. The van der Waals surface area contributed by atoms with Gasteiger partial charge in [-0.3, -0.25) is 4.79 Å². The van der Waals surface area contributed by atoms with Crippen LogP contribution in [0.1, 0.15) is 58.2 Å². The number of rotatable bonds is 10. The molecule has 3 N–H and O–H groups in total. The predicted molar refractivity (Wildman–Crippen MR) is 177 cm³/mol. The molecule has 0 bridgehead atoms. The number of anilines is 1. The van der Waals surface area contributed by atoms with Crippen LogP contribution in [0.5, 0.6) is 0 Å². The molecule has 0 aliphatic heterocycles. The average molecular weight is 710 g/mol. The van der Waals surface area contributed by atoms with Crippen LogP contribution in [0.25, 0.3) is 16.8 Å². The molecule has 0 radical (unpaired) electrons. The lowest BCUT2D eigenvalue weighted by atomic mass is 9.97. The molecular formula is C35H28ClF4N5O3S. The first-order valence-electron chi connectivity index (χ1n) is 14.9. The van der Waals surface area contributed by atoms with Crippen molar-refractivity contribution >= 4 is 33.2 Å². The Morgan fingerprint density at radius 3 is 2.43 bits per heavy atom. The van der Waals surface area contributed by atoms with E-state index >= 15 is 4.39 Å². The Kier molecular flexibility index (Phi) is 10.1. The summed E-state index contributed by atoms with van der Waals surface area (Å²) in [7, 11) is -4.46. The fraction of sp³-hybridized carbons (Fsp3) is 0.171. The van der Waals surface area contributed by atoms with E-state index in [9.17, 15) is 31.6 Å². The van der Waals surface area contributed by atoms with E-state index in [1.165, 1.54) is 48.5 Å². The summed E-state index contributed by atoms with van der Waals surface area (Å²) in [6.45, 7) is 1.92. The SMILES string of the molecule is CCCCc1nn(-c2cc(N)ccc2C(F)(F)F)c(C#N)c1Cc1ccc(-c2ccccc2S(=O)(=O)NC(=O)c2ccccc2Cl)cc1F. The van der Waals surface area contributed by atoms with Crippen LogP contribution in [0.2, 0.25) is 5.02 Å². The van der Waals surface area contributed by atoms with Crippen LogP contribution in [0.3, 0.4) is 0 Å². The Labute approximate surface area is 284 Å². The van der Waals surface area contributed by atoms with Crippen LogP contribution in [-0.2, 0) is 29.0 Å². The number of nitrogens with zero attached hydrogens (tertiary/aromatic N) is 3. The smallest absolute Gasteiger partial charge is 0.399 e. The molecule has 0 aliphatic rings. The summed E-state index contributed by atoms with van der Waals surface area (Å²) in [5.74, 6) is -1.71. The van der Waals surface area contributed by atoms with E-state index in [1.54, 1.807) is 12.1 Å². The Morgan fingerprint density at radius 2 is 1.76 bits per heavy atom. The maximum atomic E-state index is 15.8. The number of aryl methyl sites for hydroxylation is 1. The summed E-state index contributed by atoms with van der Waals surface area (Å²) in [5, 5.41) is 14.6. The Hall–Kier alpha value is -5.19. The molecule has 1 aromatic heterocycles. The van der Waals surface area contributed by atoms with Gasteiger partial charge in [0.15, 0.2) is 0 Å². The number of nitrogen functional groups attached to an aromatic ring is 1. The first kappa shape index (κ1) is 35.1. The Morgan fingerprint density at radius 1 is 1.04 bits per heavy atom. The molecule has 0 atom stereocenters. The maximum absolute atomic E-state index is 15.8. The molecule has 252 valence electrons. The molecule has 0 unspecified atom stereocenters. The third kappa shape index (κ3) is 7.45. The number of nitrogens with two attached hydrogens (primary N) is 1. The number of carbonyl (C=O) groups is 1. The van der Waals surface area contributed by atoms with Crippen LogP contribution in [-0.4, -0.2) is 24.1 Å². The van der Waals surface area contributed by atoms with Gasteiger partial charge in [0.25, 0.3) is 15.9 Å². The highest BCUT2D eigenvalue weighted by Crippen LogP contribution is 2.37. The molecule has 1 heterocycles. The van der Waals surface area contributed by atoms with E-state index in [4.69, 9.17) is 17.3 Å². The molecule has 0 aliphatic carbocycles. The number of unbranched alkanes of at least 4 members (excludes halogenated alkanes) is 1. The first-order valence-corrected chi connectivity index (χ1v) is 16.8. The van der Waals surface area contributed by atoms with E-state index in [1.807, 2.05) is 17.7 Å². The second kappa shape index (κ2) is 14.1. The van der Waals surface area contributed by atoms with Crippen LogP contribution < -0.4 is 10.5 Å².